The number of carbonyl (C=O) groups is 1. The lowest BCUT2D eigenvalue weighted by molar-refractivity contribution is -0.142. The van der Waals surface area contributed by atoms with E-state index >= 15 is 0 Å². The number of hydrogen-bond acceptors (Lipinski definition) is 3. The third-order valence-electron chi connectivity index (χ3n) is 2.43. The number of benzene rings is 1. The normalized spacial score (nSPS) is 10.5. The van der Waals surface area contributed by atoms with Crippen LogP contribution in [-0.2, 0) is 16.1 Å². The predicted octanol–water partition coefficient (Wildman–Crippen LogP) is 3.26. The number of fused-ring (bicyclic) bond motifs is 1. The standard InChI is InChI=1S/C13H12ClNO2/c1-8-3-4-10-6-11(7-17-9(2)16)13(14)15-12(10)5-8/h3-6H,7H2,1-2H3. The van der Waals surface area contributed by atoms with Crippen LogP contribution >= 0.6 is 11.6 Å². The van der Waals surface area contributed by atoms with Gasteiger partial charge in [0.05, 0.1) is 5.52 Å². The van der Waals surface area contributed by atoms with E-state index in [4.69, 9.17) is 16.3 Å². The first-order valence-electron chi connectivity index (χ1n) is 5.25. The molecule has 3 nitrogen and oxygen atoms in total. The van der Waals surface area contributed by atoms with Crippen LogP contribution in [-0.4, -0.2) is 11.0 Å². The lowest BCUT2D eigenvalue weighted by Gasteiger charge is -2.06. The number of esters is 1. The highest BCUT2D eigenvalue weighted by molar-refractivity contribution is 6.30. The van der Waals surface area contributed by atoms with Crippen molar-refractivity contribution in [3.05, 3.63) is 40.5 Å². The predicted molar refractivity (Wildman–Crippen MR) is 67.0 cm³/mol. The second-order valence-electron chi connectivity index (χ2n) is 3.91. The molecule has 0 atom stereocenters. The molecule has 0 unspecified atom stereocenters. The molecule has 0 aliphatic rings. The number of hydrogen-bond donors (Lipinski definition) is 0. The second-order valence-corrected chi connectivity index (χ2v) is 4.27. The molecule has 0 saturated heterocycles. The summed E-state index contributed by atoms with van der Waals surface area (Å²) in [5, 5.41) is 1.37. The number of pyridine rings is 1. The molecule has 4 heteroatoms. The molecule has 0 N–H and O–H groups in total. The third-order valence-corrected chi connectivity index (χ3v) is 2.76. The van der Waals surface area contributed by atoms with E-state index in [9.17, 15) is 4.79 Å². The van der Waals surface area contributed by atoms with Crippen molar-refractivity contribution in [3.63, 3.8) is 0 Å². The van der Waals surface area contributed by atoms with E-state index in [1.165, 1.54) is 6.92 Å². The Kier molecular flexibility index (Phi) is 3.29. The van der Waals surface area contributed by atoms with E-state index in [0.717, 1.165) is 22.0 Å². The SMILES string of the molecule is CC(=O)OCc1cc2ccc(C)cc2nc1Cl. The summed E-state index contributed by atoms with van der Waals surface area (Å²) in [7, 11) is 0. The molecule has 0 amide bonds. The van der Waals surface area contributed by atoms with E-state index in [1.54, 1.807) is 0 Å². The van der Waals surface area contributed by atoms with Gasteiger partial charge in [-0.1, -0.05) is 23.7 Å². The van der Waals surface area contributed by atoms with Crippen LogP contribution in [0.4, 0.5) is 0 Å². The topological polar surface area (TPSA) is 39.2 Å². The molecule has 2 aromatic rings. The van der Waals surface area contributed by atoms with Gasteiger partial charge < -0.3 is 4.74 Å². The van der Waals surface area contributed by atoms with E-state index in [1.807, 2.05) is 31.2 Å². The van der Waals surface area contributed by atoms with Crippen LogP contribution in [0.2, 0.25) is 5.15 Å². The molecule has 0 radical (unpaired) electrons. The minimum absolute atomic E-state index is 0.158. The van der Waals surface area contributed by atoms with Gasteiger partial charge in [0.25, 0.3) is 0 Å². The van der Waals surface area contributed by atoms with Crippen LogP contribution in [0, 0.1) is 6.92 Å². The smallest absolute Gasteiger partial charge is 0.302 e. The van der Waals surface area contributed by atoms with Gasteiger partial charge in [-0.25, -0.2) is 4.98 Å². The Morgan fingerprint density at radius 2 is 2.18 bits per heavy atom. The average Bonchev–Trinajstić information content (AvgIpc) is 2.26. The number of rotatable bonds is 2. The molecule has 88 valence electrons. The zero-order valence-electron chi connectivity index (χ0n) is 9.66. The van der Waals surface area contributed by atoms with Crippen molar-refractivity contribution in [2.45, 2.75) is 20.5 Å². The fourth-order valence-corrected chi connectivity index (χ4v) is 1.78. The van der Waals surface area contributed by atoms with E-state index in [-0.39, 0.29) is 12.6 Å². The maximum atomic E-state index is 10.8. The first-order chi connectivity index (χ1) is 8.06. The van der Waals surface area contributed by atoms with Crippen LogP contribution in [0.15, 0.2) is 24.3 Å². The number of aromatic nitrogens is 1. The molecule has 0 fully saturated rings. The second kappa shape index (κ2) is 4.72. The number of halogens is 1. The highest BCUT2D eigenvalue weighted by Crippen LogP contribution is 2.22. The lowest BCUT2D eigenvalue weighted by Crippen LogP contribution is -2.00. The summed E-state index contributed by atoms with van der Waals surface area (Å²) in [6, 6.07) is 7.85. The first-order valence-corrected chi connectivity index (χ1v) is 5.63. The summed E-state index contributed by atoms with van der Waals surface area (Å²) in [5.74, 6) is -0.329. The van der Waals surface area contributed by atoms with Gasteiger partial charge in [0.2, 0.25) is 0 Å². The van der Waals surface area contributed by atoms with Crippen molar-refractivity contribution in [2.75, 3.05) is 0 Å². The van der Waals surface area contributed by atoms with E-state index in [0.29, 0.717) is 5.15 Å². The van der Waals surface area contributed by atoms with Crippen LogP contribution in [0.25, 0.3) is 10.9 Å². The molecule has 0 spiro atoms. The fraction of sp³-hybridized carbons (Fsp3) is 0.231. The number of ether oxygens (including phenoxy) is 1. The van der Waals surface area contributed by atoms with Crippen molar-refractivity contribution >= 4 is 28.5 Å². The van der Waals surface area contributed by atoms with Crippen molar-refractivity contribution in [1.29, 1.82) is 0 Å². The van der Waals surface area contributed by atoms with Gasteiger partial charge in [-0.05, 0) is 24.6 Å². The molecule has 0 saturated carbocycles. The monoisotopic (exact) mass is 249 g/mol. The highest BCUT2D eigenvalue weighted by Gasteiger charge is 2.06. The molecule has 2 rings (SSSR count). The van der Waals surface area contributed by atoms with Crippen molar-refractivity contribution in [1.82, 2.24) is 4.98 Å². The molecule has 1 heterocycles. The van der Waals surface area contributed by atoms with Gasteiger partial charge in [-0.15, -0.1) is 0 Å². The van der Waals surface area contributed by atoms with Crippen LogP contribution in [0.1, 0.15) is 18.1 Å². The molecular weight excluding hydrogens is 238 g/mol. The molecule has 17 heavy (non-hydrogen) atoms. The zero-order chi connectivity index (χ0) is 12.4. The Balaban J connectivity index is 2.41. The molecule has 1 aromatic carbocycles. The van der Waals surface area contributed by atoms with Crippen molar-refractivity contribution < 1.29 is 9.53 Å². The fourth-order valence-electron chi connectivity index (χ4n) is 1.58. The summed E-state index contributed by atoms with van der Waals surface area (Å²) in [6.45, 7) is 3.53. The largest absolute Gasteiger partial charge is 0.461 e. The van der Waals surface area contributed by atoms with Gasteiger partial charge in [0.15, 0.2) is 0 Å². The molecule has 0 bridgehead atoms. The Labute approximate surface area is 104 Å². The Bertz CT molecular complexity index is 581. The van der Waals surface area contributed by atoms with Crippen LogP contribution in [0.3, 0.4) is 0 Å². The van der Waals surface area contributed by atoms with Gasteiger partial charge in [0.1, 0.15) is 11.8 Å². The Morgan fingerprint density at radius 3 is 2.88 bits per heavy atom. The van der Waals surface area contributed by atoms with Crippen LogP contribution < -0.4 is 0 Å². The number of nitrogens with zero attached hydrogens (tertiary/aromatic N) is 1. The molecular formula is C13H12ClNO2. The summed E-state index contributed by atoms with van der Waals surface area (Å²) in [6.07, 6.45) is 0. The molecule has 0 aliphatic heterocycles. The van der Waals surface area contributed by atoms with Crippen molar-refractivity contribution in [2.24, 2.45) is 0 Å². The number of carbonyl (C=O) groups excluding carboxylic acids is 1. The van der Waals surface area contributed by atoms with Crippen molar-refractivity contribution in [3.8, 4) is 0 Å². The Hall–Kier alpha value is -1.61. The van der Waals surface area contributed by atoms with E-state index in [2.05, 4.69) is 4.98 Å². The minimum atomic E-state index is -0.329. The minimum Gasteiger partial charge on any atom is -0.461 e. The zero-order valence-corrected chi connectivity index (χ0v) is 10.4. The summed E-state index contributed by atoms with van der Waals surface area (Å²) < 4.78 is 4.92. The maximum absolute atomic E-state index is 10.8. The van der Waals surface area contributed by atoms with Gasteiger partial charge in [0, 0.05) is 17.9 Å². The molecule has 0 aliphatic carbocycles. The molecule has 1 aromatic heterocycles. The van der Waals surface area contributed by atoms with E-state index < -0.39 is 0 Å². The lowest BCUT2D eigenvalue weighted by atomic mass is 10.1. The van der Waals surface area contributed by atoms with Gasteiger partial charge >= 0.3 is 5.97 Å². The van der Waals surface area contributed by atoms with Crippen LogP contribution in [0.5, 0.6) is 0 Å². The average molecular weight is 250 g/mol. The number of aryl methyl sites for hydroxylation is 1. The first kappa shape index (κ1) is 11.9. The highest BCUT2D eigenvalue weighted by atomic mass is 35.5. The maximum Gasteiger partial charge on any atom is 0.302 e. The third kappa shape index (κ3) is 2.74. The quantitative estimate of drug-likeness (QED) is 0.606. The van der Waals surface area contributed by atoms with Gasteiger partial charge in [-0.3, -0.25) is 4.79 Å². The summed E-state index contributed by atoms with van der Waals surface area (Å²) >= 11 is 6.04. The summed E-state index contributed by atoms with van der Waals surface area (Å²) in [5.41, 5.74) is 2.70. The Morgan fingerprint density at radius 1 is 1.41 bits per heavy atom. The van der Waals surface area contributed by atoms with Gasteiger partial charge in [-0.2, -0.15) is 0 Å². The summed E-state index contributed by atoms with van der Waals surface area (Å²) in [4.78, 5) is 15.0.